The fourth-order valence-electron chi connectivity index (χ4n) is 3.65. The number of likely N-dealkylation sites (N-methyl/N-ethyl adjacent to an activating group) is 1. The lowest BCUT2D eigenvalue weighted by Gasteiger charge is -2.51. The first-order valence-corrected chi connectivity index (χ1v) is 8.03. The van der Waals surface area contributed by atoms with Crippen LogP contribution < -0.4 is 5.73 Å². The minimum atomic E-state index is 0.206. The Bertz CT molecular complexity index is 264. The lowest BCUT2D eigenvalue weighted by molar-refractivity contribution is -0.0837. The molecule has 2 atom stereocenters. The molecule has 2 saturated heterocycles. The van der Waals surface area contributed by atoms with Crippen LogP contribution in [-0.4, -0.2) is 67.3 Å². The molecule has 2 aliphatic rings. The van der Waals surface area contributed by atoms with Gasteiger partial charge in [0.1, 0.15) is 0 Å². The molecule has 2 rings (SSSR count). The average Bonchev–Trinajstić information content (AvgIpc) is 2.48. The van der Waals surface area contributed by atoms with Crippen LogP contribution in [0.25, 0.3) is 0 Å². The van der Waals surface area contributed by atoms with Crippen LogP contribution in [0.2, 0.25) is 0 Å². The van der Waals surface area contributed by atoms with E-state index in [0.29, 0.717) is 6.10 Å². The summed E-state index contributed by atoms with van der Waals surface area (Å²) in [5, 5.41) is 0. The highest BCUT2D eigenvalue weighted by atomic mass is 16.5. The third kappa shape index (κ3) is 3.48. The Morgan fingerprint density at radius 2 is 1.95 bits per heavy atom. The van der Waals surface area contributed by atoms with E-state index in [1.54, 1.807) is 0 Å². The van der Waals surface area contributed by atoms with Gasteiger partial charge in [-0.2, -0.15) is 0 Å². The van der Waals surface area contributed by atoms with Gasteiger partial charge in [-0.05, 0) is 25.8 Å². The number of nitrogens with two attached hydrogens (primary N) is 1. The minimum Gasteiger partial charge on any atom is -0.378 e. The van der Waals surface area contributed by atoms with Gasteiger partial charge in [0.25, 0.3) is 0 Å². The van der Waals surface area contributed by atoms with E-state index in [9.17, 15) is 0 Å². The summed E-state index contributed by atoms with van der Waals surface area (Å²) >= 11 is 0. The van der Waals surface area contributed by atoms with Crippen molar-refractivity contribution < 1.29 is 4.74 Å². The summed E-state index contributed by atoms with van der Waals surface area (Å²) < 4.78 is 5.92. The van der Waals surface area contributed by atoms with E-state index >= 15 is 0 Å². The van der Waals surface area contributed by atoms with Gasteiger partial charge in [0, 0.05) is 44.9 Å². The molecule has 4 heteroatoms. The molecule has 0 aromatic rings. The SMILES string of the molecule is CCCC1CC(CN)(N2CCN(CC)CC2)CCO1. The second-order valence-corrected chi connectivity index (χ2v) is 6.09. The summed E-state index contributed by atoms with van der Waals surface area (Å²) in [6.45, 7) is 12.1. The molecule has 2 fully saturated rings. The number of ether oxygens (including phenoxy) is 1. The van der Waals surface area contributed by atoms with Crippen molar-refractivity contribution in [2.45, 2.75) is 51.2 Å². The van der Waals surface area contributed by atoms with Crippen LogP contribution >= 0.6 is 0 Å². The molecule has 0 aliphatic carbocycles. The summed E-state index contributed by atoms with van der Waals surface area (Å²) in [6.07, 6.45) is 5.04. The Morgan fingerprint density at radius 3 is 2.53 bits per heavy atom. The van der Waals surface area contributed by atoms with E-state index in [1.165, 1.54) is 45.6 Å². The van der Waals surface area contributed by atoms with Gasteiger partial charge in [0.2, 0.25) is 0 Å². The smallest absolute Gasteiger partial charge is 0.0593 e. The van der Waals surface area contributed by atoms with E-state index in [-0.39, 0.29) is 5.54 Å². The van der Waals surface area contributed by atoms with Crippen molar-refractivity contribution in [3.63, 3.8) is 0 Å². The highest BCUT2D eigenvalue weighted by Crippen LogP contribution is 2.32. The van der Waals surface area contributed by atoms with E-state index in [4.69, 9.17) is 10.5 Å². The van der Waals surface area contributed by atoms with Crippen molar-refractivity contribution >= 4 is 0 Å². The Kier molecular flexibility index (Phi) is 5.63. The molecule has 112 valence electrons. The Balaban J connectivity index is 1.97. The summed E-state index contributed by atoms with van der Waals surface area (Å²) in [7, 11) is 0. The molecule has 0 aromatic carbocycles. The molecule has 0 bridgehead atoms. The third-order valence-corrected chi connectivity index (χ3v) is 5.01. The van der Waals surface area contributed by atoms with Gasteiger partial charge in [-0.25, -0.2) is 0 Å². The summed E-state index contributed by atoms with van der Waals surface area (Å²) in [5.74, 6) is 0. The lowest BCUT2D eigenvalue weighted by atomic mass is 9.83. The molecule has 2 heterocycles. The second kappa shape index (κ2) is 7.02. The molecule has 19 heavy (non-hydrogen) atoms. The molecular formula is C15H31N3O. The maximum Gasteiger partial charge on any atom is 0.0593 e. The van der Waals surface area contributed by atoms with Crippen LogP contribution in [0.3, 0.4) is 0 Å². The van der Waals surface area contributed by atoms with Crippen LogP contribution in [0, 0.1) is 0 Å². The van der Waals surface area contributed by atoms with Crippen LogP contribution in [0.4, 0.5) is 0 Å². The summed E-state index contributed by atoms with van der Waals surface area (Å²) in [4.78, 5) is 5.19. The first kappa shape index (κ1) is 15.2. The average molecular weight is 269 g/mol. The zero-order chi connectivity index (χ0) is 13.7. The monoisotopic (exact) mass is 269 g/mol. The number of hydrogen-bond donors (Lipinski definition) is 1. The van der Waals surface area contributed by atoms with E-state index in [0.717, 1.165) is 26.0 Å². The predicted molar refractivity (Wildman–Crippen MR) is 79.4 cm³/mol. The molecule has 2 N–H and O–H groups in total. The fraction of sp³-hybridized carbons (Fsp3) is 1.00. The maximum absolute atomic E-state index is 6.18. The fourth-order valence-corrected chi connectivity index (χ4v) is 3.65. The molecular weight excluding hydrogens is 238 g/mol. The lowest BCUT2D eigenvalue weighted by Crippen LogP contribution is -2.63. The first-order valence-electron chi connectivity index (χ1n) is 8.03. The molecule has 2 aliphatic heterocycles. The summed E-state index contributed by atoms with van der Waals surface area (Å²) in [5.41, 5.74) is 6.39. The number of nitrogens with zero attached hydrogens (tertiary/aromatic N) is 2. The van der Waals surface area contributed by atoms with Gasteiger partial charge in [-0.3, -0.25) is 4.90 Å². The van der Waals surface area contributed by atoms with Crippen LogP contribution in [0.5, 0.6) is 0 Å². The highest BCUT2D eigenvalue weighted by molar-refractivity contribution is 4.98. The van der Waals surface area contributed by atoms with Crippen LogP contribution in [-0.2, 0) is 4.74 Å². The van der Waals surface area contributed by atoms with Gasteiger partial charge in [-0.1, -0.05) is 20.3 Å². The second-order valence-electron chi connectivity index (χ2n) is 6.09. The Hall–Kier alpha value is -0.160. The molecule has 0 amide bonds. The van der Waals surface area contributed by atoms with Gasteiger partial charge < -0.3 is 15.4 Å². The van der Waals surface area contributed by atoms with Crippen molar-refractivity contribution in [1.82, 2.24) is 9.80 Å². The van der Waals surface area contributed by atoms with Crippen molar-refractivity contribution in [3.8, 4) is 0 Å². The topological polar surface area (TPSA) is 41.7 Å². The third-order valence-electron chi connectivity index (χ3n) is 5.01. The molecule has 2 unspecified atom stereocenters. The first-order chi connectivity index (χ1) is 9.24. The largest absolute Gasteiger partial charge is 0.378 e. The maximum atomic E-state index is 6.18. The molecule has 4 nitrogen and oxygen atoms in total. The Labute approximate surface area is 118 Å². The van der Waals surface area contributed by atoms with E-state index < -0.39 is 0 Å². The Morgan fingerprint density at radius 1 is 1.21 bits per heavy atom. The standard InChI is InChI=1S/C15H31N3O/c1-3-5-14-12-15(13-16,6-11-19-14)18-9-7-17(4-2)8-10-18/h14H,3-13,16H2,1-2H3. The predicted octanol–water partition coefficient (Wildman–Crippen LogP) is 1.30. The quantitative estimate of drug-likeness (QED) is 0.817. The number of hydrogen-bond acceptors (Lipinski definition) is 4. The highest BCUT2D eigenvalue weighted by Gasteiger charge is 2.41. The van der Waals surface area contributed by atoms with E-state index in [2.05, 4.69) is 23.6 Å². The number of piperazine rings is 1. The molecule has 0 aromatic heterocycles. The van der Waals surface area contributed by atoms with Crippen LogP contribution in [0.15, 0.2) is 0 Å². The van der Waals surface area contributed by atoms with Crippen molar-refractivity contribution in [2.75, 3.05) is 45.9 Å². The minimum absolute atomic E-state index is 0.206. The van der Waals surface area contributed by atoms with Gasteiger partial charge in [0.05, 0.1) is 6.10 Å². The molecule has 0 saturated carbocycles. The van der Waals surface area contributed by atoms with Gasteiger partial charge in [-0.15, -0.1) is 0 Å². The molecule has 0 spiro atoms. The van der Waals surface area contributed by atoms with Crippen molar-refractivity contribution in [1.29, 1.82) is 0 Å². The van der Waals surface area contributed by atoms with Gasteiger partial charge in [0.15, 0.2) is 0 Å². The van der Waals surface area contributed by atoms with Gasteiger partial charge >= 0.3 is 0 Å². The zero-order valence-electron chi connectivity index (χ0n) is 12.7. The number of rotatable bonds is 5. The molecule has 0 radical (unpaired) electrons. The van der Waals surface area contributed by atoms with Crippen molar-refractivity contribution in [3.05, 3.63) is 0 Å². The zero-order valence-corrected chi connectivity index (χ0v) is 12.7. The van der Waals surface area contributed by atoms with Crippen LogP contribution in [0.1, 0.15) is 39.5 Å². The van der Waals surface area contributed by atoms with Crippen molar-refractivity contribution in [2.24, 2.45) is 5.73 Å². The van der Waals surface area contributed by atoms with E-state index in [1.807, 2.05) is 0 Å². The normalized spacial score (nSPS) is 34.6. The summed E-state index contributed by atoms with van der Waals surface area (Å²) in [6, 6.07) is 0.